The van der Waals surface area contributed by atoms with Gasteiger partial charge in [0, 0.05) is 68.2 Å². The topological polar surface area (TPSA) is 133 Å². The molecule has 3 aliphatic rings. The van der Waals surface area contributed by atoms with Crippen molar-refractivity contribution < 1.29 is 14.3 Å². The Morgan fingerprint density at radius 2 is 1.85 bits per heavy atom. The summed E-state index contributed by atoms with van der Waals surface area (Å²) in [5, 5.41) is 20.5. The van der Waals surface area contributed by atoms with Crippen LogP contribution in [0.3, 0.4) is 0 Å². The molecular weight excluding hydrogens is 676 g/mol. The molecule has 0 saturated carbocycles. The van der Waals surface area contributed by atoms with Crippen molar-refractivity contribution >= 4 is 72.6 Å². The minimum atomic E-state index is -0.140. The van der Waals surface area contributed by atoms with Gasteiger partial charge >= 0.3 is 0 Å². The number of fused-ring (bicyclic) bond motifs is 3. The minimum Gasteiger partial charge on any atom is -0.491 e. The van der Waals surface area contributed by atoms with Gasteiger partial charge in [-0.15, -0.1) is 49.6 Å². The van der Waals surface area contributed by atoms with E-state index in [0.717, 1.165) is 42.1 Å². The number of nitrogens with zero attached hydrogens (tertiary/aromatic N) is 7. The predicted octanol–water partition coefficient (Wildman–Crippen LogP) is 3.86. The maximum absolute atomic E-state index is 12.7. The Kier molecular flexibility index (Phi) is 12.7. The van der Waals surface area contributed by atoms with Gasteiger partial charge in [-0.1, -0.05) is 0 Å². The number of nitrogens with one attached hydrogen (secondary N) is 2. The molecule has 2 N–H and O–H groups in total. The molecule has 7 heterocycles. The number of amides is 1. The number of ether oxygens (including phenoxy) is 2. The second kappa shape index (κ2) is 15.8. The van der Waals surface area contributed by atoms with Crippen LogP contribution in [0.1, 0.15) is 12.0 Å². The Hall–Kier alpha value is -3.57. The van der Waals surface area contributed by atoms with Crippen LogP contribution in [0, 0.1) is 17.2 Å². The summed E-state index contributed by atoms with van der Waals surface area (Å²) in [5.41, 5.74) is 3.54. The van der Waals surface area contributed by atoms with Crippen molar-refractivity contribution in [3.8, 4) is 28.8 Å². The molecule has 0 aliphatic carbocycles. The van der Waals surface area contributed by atoms with Gasteiger partial charge in [-0.25, -0.2) is 14.5 Å². The van der Waals surface area contributed by atoms with E-state index in [1.807, 2.05) is 24.4 Å². The van der Waals surface area contributed by atoms with Crippen LogP contribution in [0.2, 0.25) is 0 Å². The summed E-state index contributed by atoms with van der Waals surface area (Å²) in [5.74, 6) is 1.80. The molecule has 2 bridgehead atoms. The summed E-state index contributed by atoms with van der Waals surface area (Å²) in [6, 6.07) is 12.8. The number of piperazine rings is 1. The average molecular weight is 711 g/mol. The number of pyridine rings is 3. The predicted molar refractivity (Wildman–Crippen MR) is 185 cm³/mol. The molecule has 0 spiro atoms. The van der Waals surface area contributed by atoms with Crippen LogP contribution in [0.5, 0.6) is 11.6 Å². The van der Waals surface area contributed by atoms with Crippen molar-refractivity contribution in [3.05, 3.63) is 60.7 Å². The SMILES string of the molecule is COc1ccc(NC(=O)C2CN(c3ccc(-c4cc(OCCN5C6CNCC5C6)cn5ncc(C#N)c45)cn3)C2)cn1.Cl.Cl.Cl.Cl. The molecule has 46 heavy (non-hydrogen) atoms. The molecule has 12 nitrogen and oxygen atoms in total. The van der Waals surface area contributed by atoms with Crippen molar-refractivity contribution in [1.82, 2.24) is 29.8 Å². The molecule has 3 fully saturated rings. The fourth-order valence-electron chi connectivity index (χ4n) is 6.06. The molecule has 3 aliphatic heterocycles. The Bertz CT molecular complexity index is 1650. The zero-order valence-corrected chi connectivity index (χ0v) is 28.1. The number of halogens is 4. The van der Waals surface area contributed by atoms with Crippen LogP contribution in [-0.4, -0.2) is 88.9 Å². The third-order valence-electron chi connectivity index (χ3n) is 8.42. The smallest absolute Gasteiger partial charge is 0.231 e. The van der Waals surface area contributed by atoms with E-state index in [4.69, 9.17) is 14.5 Å². The highest BCUT2D eigenvalue weighted by molar-refractivity contribution is 5.94. The molecule has 246 valence electrons. The van der Waals surface area contributed by atoms with Gasteiger partial charge in [0.15, 0.2) is 0 Å². The Balaban J connectivity index is 0.00000144. The van der Waals surface area contributed by atoms with Crippen molar-refractivity contribution in [2.45, 2.75) is 18.5 Å². The first-order chi connectivity index (χ1) is 20.6. The molecule has 2 atom stereocenters. The maximum Gasteiger partial charge on any atom is 0.231 e. The zero-order valence-electron chi connectivity index (χ0n) is 24.9. The van der Waals surface area contributed by atoms with E-state index in [2.05, 4.69) is 36.6 Å². The third-order valence-corrected chi connectivity index (χ3v) is 8.42. The molecule has 4 aromatic heterocycles. The number of carbonyl (C=O) groups excluding carboxylic acids is 1. The first kappa shape index (κ1) is 36.9. The summed E-state index contributed by atoms with van der Waals surface area (Å²) in [6.45, 7) is 4.71. The second-order valence-electron chi connectivity index (χ2n) is 10.9. The van der Waals surface area contributed by atoms with Crippen molar-refractivity contribution in [2.24, 2.45) is 5.92 Å². The second-order valence-corrected chi connectivity index (χ2v) is 10.9. The quantitative estimate of drug-likeness (QED) is 0.264. The first-order valence-electron chi connectivity index (χ1n) is 14.1. The third kappa shape index (κ3) is 7.20. The first-order valence-corrected chi connectivity index (χ1v) is 14.1. The highest BCUT2D eigenvalue weighted by atomic mass is 35.5. The number of anilines is 2. The van der Waals surface area contributed by atoms with Crippen molar-refractivity contribution in [1.29, 1.82) is 5.26 Å². The number of methoxy groups -OCH3 is 1. The van der Waals surface area contributed by atoms with Crippen LogP contribution in [-0.2, 0) is 4.79 Å². The van der Waals surface area contributed by atoms with Gasteiger partial charge in [0.1, 0.15) is 24.2 Å². The number of hydrogen-bond acceptors (Lipinski definition) is 10. The van der Waals surface area contributed by atoms with E-state index in [1.54, 1.807) is 42.3 Å². The van der Waals surface area contributed by atoms with E-state index >= 15 is 0 Å². The molecule has 0 aromatic carbocycles. The van der Waals surface area contributed by atoms with E-state index in [0.29, 0.717) is 54.7 Å². The van der Waals surface area contributed by atoms with Gasteiger partial charge in [0.05, 0.1) is 48.4 Å². The summed E-state index contributed by atoms with van der Waals surface area (Å²) < 4.78 is 13.0. The van der Waals surface area contributed by atoms with E-state index < -0.39 is 0 Å². The van der Waals surface area contributed by atoms with Crippen LogP contribution >= 0.6 is 49.6 Å². The van der Waals surface area contributed by atoms with Gasteiger partial charge in [-0.2, -0.15) is 10.4 Å². The molecule has 16 heteroatoms. The van der Waals surface area contributed by atoms with Gasteiger partial charge < -0.3 is 25.0 Å². The number of rotatable bonds is 9. The average Bonchev–Trinajstić information content (AvgIpc) is 3.42. The summed E-state index contributed by atoms with van der Waals surface area (Å²) in [4.78, 5) is 26.1. The molecular formula is C30H35Cl4N9O3. The highest BCUT2D eigenvalue weighted by Gasteiger charge is 2.40. The number of piperidine rings is 1. The van der Waals surface area contributed by atoms with Gasteiger partial charge in [-0.05, 0) is 30.7 Å². The number of carbonyl (C=O) groups is 1. The van der Waals surface area contributed by atoms with E-state index in [9.17, 15) is 10.1 Å². The maximum atomic E-state index is 12.7. The highest BCUT2D eigenvalue weighted by Crippen LogP contribution is 2.33. The van der Waals surface area contributed by atoms with Crippen LogP contribution in [0.4, 0.5) is 11.5 Å². The lowest BCUT2D eigenvalue weighted by Crippen LogP contribution is -2.68. The van der Waals surface area contributed by atoms with Crippen LogP contribution in [0.15, 0.2) is 55.1 Å². The molecule has 2 unspecified atom stereocenters. The molecule has 1 amide bonds. The van der Waals surface area contributed by atoms with E-state index in [1.165, 1.54) is 6.42 Å². The zero-order chi connectivity index (χ0) is 28.6. The monoisotopic (exact) mass is 709 g/mol. The molecule has 4 aromatic rings. The Morgan fingerprint density at radius 3 is 2.48 bits per heavy atom. The lowest BCUT2D eigenvalue weighted by Gasteiger charge is -2.53. The number of hydrogen-bond donors (Lipinski definition) is 2. The molecule has 7 rings (SSSR count). The van der Waals surface area contributed by atoms with Gasteiger partial charge in [-0.3, -0.25) is 9.69 Å². The minimum absolute atomic E-state index is 0. The number of nitriles is 1. The summed E-state index contributed by atoms with van der Waals surface area (Å²) in [6.07, 6.45) is 8.05. The molecule has 0 radical (unpaired) electrons. The standard InChI is InChI=1S/C30H31N9O3.4ClH/c1-41-28-5-3-22(13-34-28)36-30(40)21-16-37(17-21)27-4-2-19(11-33-27)26-9-25(18-39-29(26)20(10-31)12-35-39)42-7-6-38-23-8-24(38)15-32-14-23;;;;/h2-5,9,11-13,18,21,23-24,32H,6-8,14-17H2,1H3,(H,36,40);4*1H. The lowest BCUT2D eigenvalue weighted by molar-refractivity contribution is -0.120. The fraction of sp³-hybridized carbons (Fsp3) is 0.367. The Labute approximate surface area is 291 Å². The van der Waals surface area contributed by atoms with Gasteiger partial charge in [0.25, 0.3) is 0 Å². The number of aromatic nitrogens is 4. The van der Waals surface area contributed by atoms with Gasteiger partial charge in [0.2, 0.25) is 11.8 Å². The summed E-state index contributed by atoms with van der Waals surface area (Å²) >= 11 is 0. The Morgan fingerprint density at radius 1 is 1.07 bits per heavy atom. The largest absolute Gasteiger partial charge is 0.491 e. The normalized spacial score (nSPS) is 18.2. The van der Waals surface area contributed by atoms with Crippen molar-refractivity contribution in [3.63, 3.8) is 0 Å². The lowest BCUT2D eigenvalue weighted by atomic mass is 9.89. The van der Waals surface area contributed by atoms with E-state index in [-0.39, 0.29) is 61.5 Å². The molecule has 3 saturated heterocycles. The fourth-order valence-corrected chi connectivity index (χ4v) is 6.06. The summed E-state index contributed by atoms with van der Waals surface area (Å²) in [7, 11) is 1.55. The van der Waals surface area contributed by atoms with Crippen LogP contribution in [0.25, 0.3) is 16.6 Å². The van der Waals surface area contributed by atoms with Crippen LogP contribution < -0.4 is 25.0 Å². The van der Waals surface area contributed by atoms with Crippen molar-refractivity contribution in [2.75, 3.05) is 56.7 Å².